The number of rotatable bonds is 5. The lowest BCUT2D eigenvalue weighted by atomic mass is 10.0. The van der Waals surface area contributed by atoms with Gasteiger partial charge in [0.25, 0.3) is 0 Å². The Labute approximate surface area is 163 Å². The summed E-state index contributed by atoms with van der Waals surface area (Å²) in [5.41, 5.74) is 1.39. The second-order valence-electron chi connectivity index (χ2n) is 8.34. The van der Waals surface area contributed by atoms with E-state index in [9.17, 15) is 0 Å². The fourth-order valence-corrected chi connectivity index (χ4v) is 4.83. The molecule has 0 saturated carbocycles. The Morgan fingerprint density at radius 3 is 2.19 bits per heavy atom. The summed E-state index contributed by atoms with van der Waals surface area (Å²) in [6.07, 6.45) is 8.58. The summed E-state index contributed by atoms with van der Waals surface area (Å²) in [5, 5.41) is 0. The quantitative estimate of drug-likeness (QED) is 0.832. The summed E-state index contributed by atoms with van der Waals surface area (Å²) < 4.78 is 6.00. The van der Waals surface area contributed by atoms with Crippen molar-refractivity contribution >= 4 is 0 Å². The summed E-state index contributed by atoms with van der Waals surface area (Å²) >= 11 is 0. The van der Waals surface area contributed by atoms with Crippen molar-refractivity contribution in [2.45, 2.75) is 51.1 Å². The smallest absolute Gasteiger partial charge is 0.127 e. The number of likely N-dealkylation sites (tertiary alicyclic amines) is 2. The minimum absolute atomic E-state index is 0.906. The first-order valence-electron chi connectivity index (χ1n) is 10.9. The SMILES string of the molecule is c1ccc(Oc2cccc(C[NH+]3CCC([NH+]4CCCCCC4)CC3)c2)cc1. The maximum atomic E-state index is 6.00. The van der Waals surface area contributed by atoms with Crippen LogP contribution in [0.2, 0.25) is 0 Å². The van der Waals surface area contributed by atoms with Gasteiger partial charge in [-0.2, -0.15) is 0 Å². The van der Waals surface area contributed by atoms with Gasteiger partial charge >= 0.3 is 0 Å². The Hall–Kier alpha value is -1.84. The van der Waals surface area contributed by atoms with E-state index in [1.807, 2.05) is 35.2 Å². The van der Waals surface area contributed by atoms with Crippen LogP contribution >= 0.6 is 0 Å². The van der Waals surface area contributed by atoms with Gasteiger partial charge < -0.3 is 14.5 Å². The van der Waals surface area contributed by atoms with Crippen LogP contribution in [0.4, 0.5) is 0 Å². The molecule has 2 saturated heterocycles. The number of para-hydroxylation sites is 1. The van der Waals surface area contributed by atoms with Crippen LogP contribution in [-0.4, -0.2) is 32.2 Å². The van der Waals surface area contributed by atoms with Gasteiger partial charge in [-0.05, 0) is 49.9 Å². The first-order valence-corrected chi connectivity index (χ1v) is 10.9. The van der Waals surface area contributed by atoms with E-state index in [0.717, 1.165) is 24.1 Å². The Morgan fingerprint density at radius 1 is 0.741 bits per heavy atom. The van der Waals surface area contributed by atoms with Crippen LogP contribution in [0.1, 0.15) is 44.1 Å². The number of hydrogen-bond donors (Lipinski definition) is 2. The van der Waals surface area contributed by atoms with E-state index in [-0.39, 0.29) is 0 Å². The minimum Gasteiger partial charge on any atom is -0.457 e. The standard InChI is InChI=1S/C24H32N2O/c1-2-7-16-26(15-6-1)22-13-17-25(18-14-22)20-21-9-8-12-24(19-21)27-23-10-4-3-5-11-23/h3-5,8-12,19,22H,1-2,6-7,13-18,20H2/p+2. The molecule has 0 spiro atoms. The highest BCUT2D eigenvalue weighted by Gasteiger charge is 2.30. The predicted octanol–water partition coefficient (Wildman–Crippen LogP) is 2.49. The Bertz CT molecular complexity index is 687. The van der Waals surface area contributed by atoms with E-state index in [0.29, 0.717) is 0 Å². The highest BCUT2D eigenvalue weighted by atomic mass is 16.5. The summed E-state index contributed by atoms with van der Waals surface area (Å²) in [6, 6.07) is 19.6. The molecule has 0 amide bonds. The largest absolute Gasteiger partial charge is 0.457 e. The van der Waals surface area contributed by atoms with Gasteiger partial charge in [0.05, 0.1) is 32.2 Å². The average Bonchev–Trinajstić information content (AvgIpc) is 2.99. The second-order valence-corrected chi connectivity index (χ2v) is 8.34. The molecule has 3 heteroatoms. The third-order valence-corrected chi connectivity index (χ3v) is 6.35. The van der Waals surface area contributed by atoms with Crippen LogP contribution in [0.3, 0.4) is 0 Å². The molecule has 2 aromatic carbocycles. The molecule has 0 aromatic heterocycles. The zero-order chi connectivity index (χ0) is 18.3. The van der Waals surface area contributed by atoms with Crippen LogP contribution in [0.25, 0.3) is 0 Å². The molecule has 2 aliphatic rings. The van der Waals surface area contributed by atoms with Gasteiger partial charge in [0.2, 0.25) is 0 Å². The summed E-state index contributed by atoms with van der Waals surface area (Å²) in [6.45, 7) is 6.58. The lowest BCUT2D eigenvalue weighted by Gasteiger charge is -2.34. The molecule has 0 bridgehead atoms. The second kappa shape index (κ2) is 9.38. The van der Waals surface area contributed by atoms with Gasteiger partial charge in [0.1, 0.15) is 18.0 Å². The zero-order valence-electron chi connectivity index (χ0n) is 16.5. The molecule has 2 aromatic rings. The topological polar surface area (TPSA) is 18.1 Å². The number of piperidine rings is 1. The molecule has 2 fully saturated rings. The average molecular weight is 367 g/mol. The maximum Gasteiger partial charge on any atom is 0.127 e. The van der Waals surface area contributed by atoms with E-state index in [1.54, 1.807) is 4.90 Å². The Balaban J connectivity index is 1.29. The van der Waals surface area contributed by atoms with Gasteiger partial charge in [0.15, 0.2) is 0 Å². The number of ether oxygens (including phenoxy) is 1. The molecule has 27 heavy (non-hydrogen) atoms. The molecule has 2 N–H and O–H groups in total. The first kappa shape index (κ1) is 18.5. The fraction of sp³-hybridized carbons (Fsp3) is 0.500. The molecule has 144 valence electrons. The monoisotopic (exact) mass is 366 g/mol. The van der Waals surface area contributed by atoms with Gasteiger partial charge in [-0.25, -0.2) is 0 Å². The van der Waals surface area contributed by atoms with E-state index in [1.165, 1.54) is 70.3 Å². The van der Waals surface area contributed by atoms with Gasteiger partial charge in [-0.1, -0.05) is 30.3 Å². The normalized spacial score (nSPS) is 24.3. The molecule has 0 radical (unpaired) electrons. The minimum atomic E-state index is 0.906. The molecule has 2 heterocycles. The predicted molar refractivity (Wildman–Crippen MR) is 110 cm³/mol. The third-order valence-electron chi connectivity index (χ3n) is 6.35. The summed E-state index contributed by atoms with van der Waals surface area (Å²) in [7, 11) is 0. The van der Waals surface area contributed by atoms with Crippen LogP contribution in [0.5, 0.6) is 11.5 Å². The number of nitrogens with one attached hydrogen (secondary N) is 2. The van der Waals surface area contributed by atoms with Gasteiger partial charge in [-0.15, -0.1) is 0 Å². The van der Waals surface area contributed by atoms with E-state index >= 15 is 0 Å². The van der Waals surface area contributed by atoms with Crippen molar-refractivity contribution < 1.29 is 14.5 Å². The third kappa shape index (κ3) is 5.33. The summed E-state index contributed by atoms with van der Waals surface area (Å²) in [5.74, 6) is 1.85. The molecule has 3 nitrogen and oxygen atoms in total. The van der Waals surface area contributed by atoms with Crippen LogP contribution in [-0.2, 0) is 6.54 Å². The molecule has 0 aliphatic carbocycles. The zero-order valence-corrected chi connectivity index (χ0v) is 16.5. The van der Waals surface area contributed by atoms with Crippen molar-refractivity contribution in [3.05, 3.63) is 60.2 Å². The van der Waals surface area contributed by atoms with E-state index < -0.39 is 0 Å². The highest BCUT2D eigenvalue weighted by Crippen LogP contribution is 2.21. The Kier molecular flexibility index (Phi) is 6.44. The first-order chi connectivity index (χ1) is 13.4. The van der Waals surface area contributed by atoms with Crippen molar-refractivity contribution in [1.82, 2.24) is 0 Å². The number of quaternary nitrogens is 2. The van der Waals surface area contributed by atoms with Crippen LogP contribution in [0, 0.1) is 0 Å². The van der Waals surface area contributed by atoms with Crippen molar-refractivity contribution in [2.75, 3.05) is 26.2 Å². The maximum absolute atomic E-state index is 6.00. The molecule has 0 unspecified atom stereocenters. The number of benzene rings is 2. The lowest BCUT2D eigenvalue weighted by molar-refractivity contribution is -0.963. The Morgan fingerprint density at radius 2 is 1.44 bits per heavy atom. The van der Waals surface area contributed by atoms with Crippen molar-refractivity contribution in [1.29, 1.82) is 0 Å². The van der Waals surface area contributed by atoms with Crippen LogP contribution in [0.15, 0.2) is 54.6 Å². The van der Waals surface area contributed by atoms with E-state index in [2.05, 4.69) is 24.3 Å². The van der Waals surface area contributed by atoms with Crippen molar-refractivity contribution in [2.24, 2.45) is 0 Å². The highest BCUT2D eigenvalue weighted by molar-refractivity contribution is 5.33. The van der Waals surface area contributed by atoms with Crippen molar-refractivity contribution in [3.8, 4) is 11.5 Å². The molecule has 4 rings (SSSR count). The summed E-state index contributed by atoms with van der Waals surface area (Å²) in [4.78, 5) is 3.64. The van der Waals surface area contributed by atoms with Gasteiger partial charge in [-0.3, -0.25) is 0 Å². The molecule has 0 atom stereocenters. The lowest BCUT2D eigenvalue weighted by Crippen LogP contribution is -3.20. The van der Waals surface area contributed by atoms with Crippen LogP contribution < -0.4 is 14.5 Å². The fourth-order valence-electron chi connectivity index (χ4n) is 4.83. The van der Waals surface area contributed by atoms with Crippen molar-refractivity contribution in [3.63, 3.8) is 0 Å². The van der Waals surface area contributed by atoms with E-state index in [4.69, 9.17) is 4.74 Å². The molecular weight excluding hydrogens is 332 g/mol. The molecular formula is C24H34N2O+2. The van der Waals surface area contributed by atoms with Gasteiger partial charge in [0, 0.05) is 18.4 Å². The number of hydrogen-bond acceptors (Lipinski definition) is 1. The molecule has 2 aliphatic heterocycles.